The molecule has 7 heteroatoms. The van der Waals surface area contributed by atoms with Gasteiger partial charge in [0.05, 0.1) is 31.7 Å². The number of aryl methyl sites for hydroxylation is 2. The highest BCUT2D eigenvalue weighted by Crippen LogP contribution is 2.31. The van der Waals surface area contributed by atoms with Crippen LogP contribution in [0.2, 0.25) is 0 Å². The predicted octanol–water partition coefficient (Wildman–Crippen LogP) is 2.67. The Labute approximate surface area is 162 Å². The van der Waals surface area contributed by atoms with Crippen molar-refractivity contribution in [1.82, 2.24) is 0 Å². The molecule has 150 valence electrons. The quantitative estimate of drug-likeness (QED) is 0.840. The molecule has 0 bridgehead atoms. The third-order valence-corrected chi connectivity index (χ3v) is 5.09. The molecule has 0 aromatic heterocycles. The maximum absolute atomic E-state index is 12.9. The minimum Gasteiger partial charge on any atom is -0.360 e. The lowest BCUT2D eigenvalue weighted by molar-refractivity contribution is -0.892. The second-order valence-electron chi connectivity index (χ2n) is 7.33. The van der Waals surface area contributed by atoms with Crippen LogP contribution in [-0.4, -0.2) is 38.6 Å². The summed E-state index contributed by atoms with van der Waals surface area (Å²) in [4.78, 5) is 15.5. The number of carbonyl (C=O) groups is 1. The fourth-order valence-corrected chi connectivity index (χ4v) is 3.43. The lowest BCUT2D eigenvalue weighted by Crippen LogP contribution is -3.15. The van der Waals surface area contributed by atoms with E-state index in [0.717, 1.165) is 27.8 Å². The van der Waals surface area contributed by atoms with Crippen molar-refractivity contribution in [3.8, 4) is 0 Å². The standard InChI is InChI=1S/C21H24F3N3O/c1-15-6-7-16(2)19(12-15)25-20(28)14-26-8-10-27(11-9-26)18-5-3-4-17(13-18)21(22,23)24/h3-7,12-13H,8-11,14H2,1-2H3,(H,25,28)/p+1. The summed E-state index contributed by atoms with van der Waals surface area (Å²) in [6.45, 7) is 6.93. The van der Waals surface area contributed by atoms with Gasteiger partial charge >= 0.3 is 6.18 Å². The van der Waals surface area contributed by atoms with Crippen LogP contribution in [0.1, 0.15) is 16.7 Å². The van der Waals surface area contributed by atoms with Crippen molar-refractivity contribution in [1.29, 1.82) is 0 Å². The Bertz CT molecular complexity index is 843. The predicted molar refractivity (Wildman–Crippen MR) is 104 cm³/mol. The zero-order valence-electron chi connectivity index (χ0n) is 16.1. The van der Waals surface area contributed by atoms with Crippen molar-refractivity contribution >= 4 is 17.3 Å². The largest absolute Gasteiger partial charge is 0.416 e. The first-order chi connectivity index (χ1) is 13.2. The molecule has 1 amide bonds. The minimum atomic E-state index is -4.34. The van der Waals surface area contributed by atoms with Crippen molar-refractivity contribution in [2.45, 2.75) is 20.0 Å². The molecule has 1 aliphatic heterocycles. The smallest absolute Gasteiger partial charge is 0.360 e. The molecular formula is C21H25F3N3O+. The molecule has 1 fully saturated rings. The summed E-state index contributed by atoms with van der Waals surface area (Å²) in [5.74, 6) is -0.0452. The number of hydrogen-bond donors (Lipinski definition) is 2. The van der Waals surface area contributed by atoms with E-state index in [1.807, 2.05) is 36.9 Å². The molecule has 0 unspecified atom stereocenters. The number of piperazine rings is 1. The van der Waals surface area contributed by atoms with E-state index >= 15 is 0 Å². The van der Waals surface area contributed by atoms with Crippen LogP contribution in [0.5, 0.6) is 0 Å². The van der Waals surface area contributed by atoms with Gasteiger partial charge in [-0.1, -0.05) is 18.2 Å². The van der Waals surface area contributed by atoms with E-state index in [4.69, 9.17) is 0 Å². The number of hydrogen-bond acceptors (Lipinski definition) is 2. The zero-order valence-corrected chi connectivity index (χ0v) is 16.1. The molecule has 2 N–H and O–H groups in total. The molecule has 1 aliphatic rings. The Morgan fingerprint density at radius 1 is 1.11 bits per heavy atom. The van der Waals surface area contributed by atoms with Crippen molar-refractivity contribution < 1.29 is 22.9 Å². The van der Waals surface area contributed by atoms with Crippen LogP contribution >= 0.6 is 0 Å². The number of rotatable bonds is 4. The summed E-state index contributed by atoms with van der Waals surface area (Å²) in [6.07, 6.45) is -4.34. The highest BCUT2D eigenvalue weighted by molar-refractivity contribution is 5.92. The molecule has 1 heterocycles. The van der Waals surface area contributed by atoms with Gasteiger partial charge in [0.2, 0.25) is 0 Å². The molecular weight excluding hydrogens is 367 g/mol. The van der Waals surface area contributed by atoms with Crippen molar-refractivity contribution in [2.75, 3.05) is 42.9 Å². The van der Waals surface area contributed by atoms with E-state index in [2.05, 4.69) is 5.32 Å². The van der Waals surface area contributed by atoms with Gasteiger partial charge in [0, 0.05) is 11.4 Å². The van der Waals surface area contributed by atoms with Gasteiger partial charge in [-0.3, -0.25) is 4.79 Å². The van der Waals surface area contributed by atoms with Crippen molar-refractivity contribution in [3.05, 3.63) is 59.2 Å². The highest BCUT2D eigenvalue weighted by atomic mass is 19.4. The Balaban J connectivity index is 1.54. The summed E-state index contributed by atoms with van der Waals surface area (Å²) in [5, 5.41) is 2.97. The molecule has 4 nitrogen and oxygen atoms in total. The van der Waals surface area contributed by atoms with E-state index in [1.165, 1.54) is 12.1 Å². The maximum atomic E-state index is 12.9. The first kappa shape index (κ1) is 20.2. The molecule has 0 atom stereocenters. The fraction of sp³-hybridized carbons (Fsp3) is 0.381. The minimum absolute atomic E-state index is 0.0452. The summed E-state index contributed by atoms with van der Waals surface area (Å²) >= 11 is 0. The van der Waals surface area contributed by atoms with Gasteiger partial charge in [-0.15, -0.1) is 0 Å². The van der Waals surface area contributed by atoms with E-state index in [1.54, 1.807) is 6.07 Å². The average molecular weight is 392 g/mol. The van der Waals surface area contributed by atoms with Gasteiger partial charge < -0.3 is 15.1 Å². The van der Waals surface area contributed by atoms with Gasteiger partial charge in [-0.25, -0.2) is 0 Å². The van der Waals surface area contributed by atoms with Gasteiger partial charge in [0.15, 0.2) is 6.54 Å². The molecule has 2 aromatic rings. The van der Waals surface area contributed by atoms with Crippen LogP contribution in [0, 0.1) is 13.8 Å². The molecule has 3 rings (SSSR count). The first-order valence-corrected chi connectivity index (χ1v) is 9.35. The number of nitrogens with zero attached hydrogens (tertiary/aromatic N) is 1. The van der Waals surface area contributed by atoms with Gasteiger partial charge in [-0.2, -0.15) is 13.2 Å². The summed E-state index contributed by atoms with van der Waals surface area (Å²) in [6, 6.07) is 11.4. The Hall–Kier alpha value is -2.54. The molecule has 0 radical (unpaired) electrons. The van der Waals surface area contributed by atoms with Gasteiger partial charge in [-0.05, 0) is 49.2 Å². The first-order valence-electron chi connectivity index (χ1n) is 9.35. The molecule has 1 saturated heterocycles. The number of anilines is 2. The zero-order chi connectivity index (χ0) is 20.3. The molecule has 0 saturated carbocycles. The summed E-state index contributed by atoms with van der Waals surface area (Å²) < 4.78 is 38.7. The fourth-order valence-electron chi connectivity index (χ4n) is 3.43. The second kappa shape index (κ2) is 8.22. The second-order valence-corrected chi connectivity index (χ2v) is 7.33. The lowest BCUT2D eigenvalue weighted by Gasteiger charge is -2.33. The van der Waals surface area contributed by atoms with Crippen LogP contribution < -0.4 is 15.1 Å². The number of halogens is 3. The molecule has 2 aromatic carbocycles. The third kappa shape index (κ3) is 5.04. The number of benzene rings is 2. The maximum Gasteiger partial charge on any atom is 0.416 e. The van der Waals surface area contributed by atoms with Crippen LogP contribution in [0.15, 0.2) is 42.5 Å². The average Bonchev–Trinajstić information content (AvgIpc) is 2.65. The molecule has 28 heavy (non-hydrogen) atoms. The van der Waals surface area contributed by atoms with E-state index < -0.39 is 11.7 Å². The van der Waals surface area contributed by atoms with E-state index in [9.17, 15) is 18.0 Å². The normalized spacial score (nSPS) is 15.5. The van der Waals surface area contributed by atoms with Crippen molar-refractivity contribution in [3.63, 3.8) is 0 Å². The van der Waals surface area contributed by atoms with E-state index in [0.29, 0.717) is 38.4 Å². The SMILES string of the molecule is Cc1ccc(C)c(NC(=O)C[NH+]2CCN(c3cccc(C(F)(F)F)c3)CC2)c1. The van der Waals surface area contributed by atoms with Crippen LogP contribution in [0.4, 0.5) is 24.5 Å². The highest BCUT2D eigenvalue weighted by Gasteiger charge is 2.31. The van der Waals surface area contributed by atoms with Crippen LogP contribution in [-0.2, 0) is 11.0 Å². The number of quaternary nitrogens is 1. The van der Waals surface area contributed by atoms with Crippen LogP contribution in [0.25, 0.3) is 0 Å². The van der Waals surface area contributed by atoms with Gasteiger partial charge in [0.1, 0.15) is 0 Å². The number of amides is 1. The molecule has 0 aliphatic carbocycles. The lowest BCUT2D eigenvalue weighted by atomic mass is 10.1. The number of carbonyl (C=O) groups excluding carboxylic acids is 1. The Morgan fingerprint density at radius 2 is 1.82 bits per heavy atom. The Morgan fingerprint density at radius 3 is 2.50 bits per heavy atom. The van der Waals surface area contributed by atoms with Crippen LogP contribution in [0.3, 0.4) is 0 Å². The third-order valence-electron chi connectivity index (χ3n) is 5.09. The molecule has 0 spiro atoms. The van der Waals surface area contributed by atoms with Crippen molar-refractivity contribution in [2.24, 2.45) is 0 Å². The summed E-state index contributed by atoms with van der Waals surface area (Å²) in [7, 11) is 0. The topological polar surface area (TPSA) is 36.8 Å². The van der Waals surface area contributed by atoms with Gasteiger partial charge in [0.25, 0.3) is 5.91 Å². The monoisotopic (exact) mass is 392 g/mol. The number of nitrogens with one attached hydrogen (secondary N) is 2. The van der Waals surface area contributed by atoms with E-state index in [-0.39, 0.29) is 5.91 Å². The Kier molecular flexibility index (Phi) is 5.93. The summed E-state index contributed by atoms with van der Waals surface area (Å²) in [5.41, 5.74) is 2.87. The number of alkyl halides is 3.